The van der Waals surface area contributed by atoms with E-state index in [4.69, 9.17) is 9.15 Å². The van der Waals surface area contributed by atoms with Crippen LogP contribution in [-0.2, 0) is 16.1 Å². The Morgan fingerprint density at radius 2 is 2.43 bits per heavy atom. The lowest BCUT2D eigenvalue weighted by atomic mass is 10.3. The summed E-state index contributed by atoms with van der Waals surface area (Å²) < 4.78 is 9.83. The van der Waals surface area contributed by atoms with Crippen LogP contribution in [0.5, 0.6) is 0 Å². The number of furan rings is 1. The molecule has 0 aliphatic carbocycles. The number of hydrogen-bond acceptors (Lipinski definition) is 4. The van der Waals surface area contributed by atoms with Crippen LogP contribution in [0.2, 0.25) is 0 Å². The number of carbonyl (C=O) groups is 1. The van der Waals surface area contributed by atoms with Crippen LogP contribution in [0.3, 0.4) is 0 Å². The normalized spacial score (nSPS) is 10.5. The maximum Gasteiger partial charge on any atom is 0.320 e. The summed E-state index contributed by atoms with van der Waals surface area (Å²) in [6, 6.07) is 1.85. The molecular formula is C10H15NO3. The van der Waals surface area contributed by atoms with Crippen LogP contribution in [0.15, 0.2) is 23.0 Å². The van der Waals surface area contributed by atoms with Gasteiger partial charge in [-0.1, -0.05) is 0 Å². The van der Waals surface area contributed by atoms with E-state index < -0.39 is 0 Å². The third-order valence-electron chi connectivity index (χ3n) is 1.55. The van der Waals surface area contributed by atoms with Gasteiger partial charge in [-0.3, -0.25) is 4.79 Å². The first-order valence-electron chi connectivity index (χ1n) is 4.59. The summed E-state index contributed by atoms with van der Waals surface area (Å²) in [6.45, 7) is 4.50. The van der Waals surface area contributed by atoms with Gasteiger partial charge in [0.1, 0.15) is 0 Å². The summed E-state index contributed by atoms with van der Waals surface area (Å²) in [6.07, 6.45) is 3.18. The van der Waals surface area contributed by atoms with E-state index in [1.54, 1.807) is 12.5 Å². The van der Waals surface area contributed by atoms with Crippen molar-refractivity contribution < 1.29 is 13.9 Å². The molecule has 14 heavy (non-hydrogen) atoms. The molecule has 0 bridgehead atoms. The van der Waals surface area contributed by atoms with Gasteiger partial charge in [-0.15, -0.1) is 0 Å². The van der Waals surface area contributed by atoms with E-state index in [9.17, 15) is 4.79 Å². The monoisotopic (exact) mass is 197 g/mol. The highest BCUT2D eigenvalue weighted by molar-refractivity contribution is 5.71. The van der Waals surface area contributed by atoms with Gasteiger partial charge in [0.05, 0.1) is 25.2 Å². The summed E-state index contributed by atoms with van der Waals surface area (Å²) in [5, 5.41) is 2.96. The number of rotatable bonds is 5. The Morgan fingerprint density at radius 3 is 3.00 bits per heavy atom. The molecule has 0 fully saturated rings. The number of carbonyl (C=O) groups excluding carboxylic acids is 1. The first kappa shape index (κ1) is 10.8. The predicted molar refractivity (Wildman–Crippen MR) is 51.6 cm³/mol. The van der Waals surface area contributed by atoms with Crippen LogP contribution in [-0.4, -0.2) is 18.6 Å². The lowest BCUT2D eigenvalue weighted by Crippen LogP contribution is -2.26. The summed E-state index contributed by atoms with van der Waals surface area (Å²) in [4.78, 5) is 11.1. The second-order valence-corrected chi connectivity index (χ2v) is 3.27. The van der Waals surface area contributed by atoms with Crippen molar-refractivity contribution in [3.8, 4) is 0 Å². The van der Waals surface area contributed by atoms with Gasteiger partial charge in [0.25, 0.3) is 0 Å². The molecule has 0 atom stereocenters. The number of nitrogens with one attached hydrogen (secondary N) is 1. The maximum atomic E-state index is 11.1. The molecule has 0 aromatic carbocycles. The highest BCUT2D eigenvalue weighted by Gasteiger charge is 2.04. The van der Waals surface area contributed by atoms with Gasteiger partial charge in [-0.2, -0.15) is 0 Å². The average molecular weight is 197 g/mol. The highest BCUT2D eigenvalue weighted by Crippen LogP contribution is 1.98. The minimum atomic E-state index is -0.233. The fraction of sp³-hybridized carbons (Fsp3) is 0.500. The molecule has 4 nitrogen and oxygen atoms in total. The van der Waals surface area contributed by atoms with Crippen molar-refractivity contribution >= 4 is 5.97 Å². The summed E-state index contributed by atoms with van der Waals surface area (Å²) in [5.41, 5.74) is 1.02. The Bertz CT molecular complexity index is 267. The molecule has 1 N–H and O–H groups in total. The van der Waals surface area contributed by atoms with E-state index in [0.717, 1.165) is 5.56 Å². The summed E-state index contributed by atoms with van der Waals surface area (Å²) in [5.74, 6) is -0.233. The van der Waals surface area contributed by atoms with Crippen molar-refractivity contribution in [2.75, 3.05) is 6.54 Å². The molecule has 0 saturated heterocycles. The molecule has 1 aromatic rings. The average Bonchev–Trinajstić information content (AvgIpc) is 2.55. The Kier molecular flexibility index (Phi) is 4.19. The first-order valence-corrected chi connectivity index (χ1v) is 4.59. The van der Waals surface area contributed by atoms with Crippen molar-refractivity contribution in [1.29, 1.82) is 0 Å². The molecule has 78 valence electrons. The molecular weight excluding hydrogens is 182 g/mol. The fourth-order valence-electron chi connectivity index (χ4n) is 1.01. The molecule has 0 unspecified atom stereocenters. The van der Waals surface area contributed by atoms with Crippen molar-refractivity contribution in [1.82, 2.24) is 5.32 Å². The second kappa shape index (κ2) is 5.44. The molecule has 0 spiro atoms. The maximum absolute atomic E-state index is 11.1. The van der Waals surface area contributed by atoms with Crippen LogP contribution in [0.25, 0.3) is 0 Å². The topological polar surface area (TPSA) is 51.5 Å². The zero-order chi connectivity index (χ0) is 10.4. The molecule has 0 radical (unpaired) electrons. The fourth-order valence-corrected chi connectivity index (χ4v) is 1.01. The van der Waals surface area contributed by atoms with E-state index in [2.05, 4.69) is 5.32 Å². The molecule has 1 aromatic heterocycles. The standard InChI is InChI=1S/C10H15NO3/c1-8(2)14-10(12)6-11-5-9-3-4-13-7-9/h3-4,7-8,11H,5-6H2,1-2H3. The predicted octanol–water partition coefficient (Wildman–Crippen LogP) is 1.32. The van der Waals surface area contributed by atoms with Gasteiger partial charge in [0.2, 0.25) is 0 Å². The minimum Gasteiger partial charge on any atom is -0.472 e. The van der Waals surface area contributed by atoms with E-state index >= 15 is 0 Å². The third-order valence-corrected chi connectivity index (χ3v) is 1.55. The SMILES string of the molecule is CC(C)OC(=O)CNCc1ccoc1. The second-order valence-electron chi connectivity index (χ2n) is 3.27. The largest absolute Gasteiger partial charge is 0.472 e. The molecule has 0 aliphatic heterocycles. The number of ether oxygens (including phenoxy) is 1. The third kappa shape index (κ3) is 4.09. The van der Waals surface area contributed by atoms with Crippen LogP contribution in [0.4, 0.5) is 0 Å². The molecule has 0 aliphatic rings. The van der Waals surface area contributed by atoms with Gasteiger partial charge in [0, 0.05) is 12.1 Å². The molecule has 4 heteroatoms. The van der Waals surface area contributed by atoms with Gasteiger partial charge in [0.15, 0.2) is 0 Å². The van der Waals surface area contributed by atoms with Crippen molar-refractivity contribution in [2.45, 2.75) is 26.5 Å². The molecule has 0 amide bonds. The van der Waals surface area contributed by atoms with E-state index in [0.29, 0.717) is 6.54 Å². The Morgan fingerprint density at radius 1 is 1.64 bits per heavy atom. The van der Waals surface area contributed by atoms with Crippen LogP contribution >= 0.6 is 0 Å². The quantitative estimate of drug-likeness (QED) is 0.723. The zero-order valence-electron chi connectivity index (χ0n) is 8.45. The van der Waals surface area contributed by atoms with E-state index in [1.165, 1.54) is 0 Å². The lowest BCUT2D eigenvalue weighted by Gasteiger charge is -2.07. The summed E-state index contributed by atoms with van der Waals surface area (Å²) >= 11 is 0. The number of hydrogen-bond donors (Lipinski definition) is 1. The molecule has 0 saturated carbocycles. The van der Waals surface area contributed by atoms with Crippen LogP contribution in [0.1, 0.15) is 19.4 Å². The molecule has 1 heterocycles. The first-order chi connectivity index (χ1) is 6.68. The van der Waals surface area contributed by atoms with Crippen molar-refractivity contribution in [3.63, 3.8) is 0 Å². The zero-order valence-corrected chi connectivity index (χ0v) is 8.45. The smallest absolute Gasteiger partial charge is 0.320 e. The van der Waals surface area contributed by atoms with E-state index in [1.807, 2.05) is 19.9 Å². The highest BCUT2D eigenvalue weighted by atomic mass is 16.5. The molecule has 1 rings (SSSR count). The Balaban J connectivity index is 2.12. The minimum absolute atomic E-state index is 0.0572. The van der Waals surface area contributed by atoms with Gasteiger partial charge < -0.3 is 14.5 Å². The van der Waals surface area contributed by atoms with Crippen LogP contribution in [0, 0.1) is 0 Å². The Labute approximate surface area is 83.2 Å². The Hall–Kier alpha value is -1.29. The van der Waals surface area contributed by atoms with Gasteiger partial charge >= 0.3 is 5.97 Å². The van der Waals surface area contributed by atoms with Crippen LogP contribution < -0.4 is 5.32 Å². The lowest BCUT2D eigenvalue weighted by molar-refractivity contribution is -0.146. The van der Waals surface area contributed by atoms with E-state index in [-0.39, 0.29) is 18.6 Å². The van der Waals surface area contributed by atoms with Gasteiger partial charge in [-0.05, 0) is 19.9 Å². The number of esters is 1. The van der Waals surface area contributed by atoms with Crippen molar-refractivity contribution in [2.24, 2.45) is 0 Å². The van der Waals surface area contributed by atoms with Crippen molar-refractivity contribution in [3.05, 3.63) is 24.2 Å². The van der Waals surface area contributed by atoms with Gasteiger partial charge in [-0.25, -0.2) is 0 Å². The summed E-state index contributed by atoms with van der Waals surface area (Å²) in [7, 11) is 0.